The molecule has 0 aromatic carbocycles. The Morgan fingerprint density at radius 3 is 2.39 bits per heavy atom. The second kappa shape index (κ2) is 4.70. The number of methoxy groups -OCH3 is 1. The lowest BCUT2D eigenvalue weighted by molar-refractivity contribution is -0.253. The van der Waals surface area contributed by atoms with Crippen LogP contribution in [-0.4, -0.2) is 38.3 Å². The Kier molecular flexibility index (Phi) is 3.55. The lowest BCUT2D eigenvalue weighted by Crippen LogP contribution is -2.46. The molecule has 2 atom stereocenters. The molecule has 1 spiro atoms. The molecule has 0 bridgehead atoms. The summed E-state index contributed by atoms with van der Waals surface area (Å²) in [5, 5.41) is 0. The first-order valence-electron chi connectivity index (χ1n) is 5.79. The van der Waals surface area contributed by atoms with Crippen molar-refractivity contribution in [3.63, 3.8) is 0 Å². The van der Waals surface area contributed by atoms with Gasteiger partial charge in [-0.15, -0.1) is 0 Å². The fourth-order valence-electron chi connectivity index (χ4n) is 2.67. The fraction of sp³-hybridized carbons (Fsp3) is 0.909. The van der Waals surface area contributed by atoms with Crippen LogP contribution in [0.1, 0.15) is 19.3 Å². The molecule has 1 aliphatic heterocycles. The smallest absolute Gasteiger partial charge is 0.392 e. The maximum atomic E-state index is 12.9. The molecular weight excluding hydrogens is 253 g/mol. The number of hydrogen-bond acceptors (Lipinski definition) is 4. The summed E-state index contributed by atoms with van der Waals surface area (Å²) in [5.74, 6) is -4.32. The number of alkyl halides is 3. The maximum Gasteiger partial charge on any atom is 0.392 e. The van der Waals surface area contributed by atoms with E-state index in [4.69, 9.17) is 9.47 Å². The summed E-state index contributed by atoms with van der Waals surface area (Å²) in [6.07, 6.45) is -4.73. The van der Waals surface area contributed by atoms with Crippen molar-refractivity contribution in [1.82, 2.24) is 0 Å². The normalized spacial score (nSPS) is 31.6. The van der Waals surface area contributed by atoms with Crippen molar-refractivity contribution in [2.75, 3.05) is 20.3 Å². The molecule has 0 radical (unpaired) electrons. The van der Waals surface area contributed by atoms with Gasteiger partial charge in [-0.1, -0.05) is 0 Å². The molecule has 104 valence electrons. The number of halogens is 3. The number of esters is 1. The monoisotopic (exact) mass is 268 g/mol. The van der Waals surface area contributed by atoms with Gasteiger partial charge in [-0.25, -0.2) is 0 Å². The SMILES string of the molecule is COC(=O)[C@H]1C[C@@H](C(F)(F)F)CC2(C1)OCCO2. The fourth-order valence-corrected chi connectivity index (χ4v) is 2.67. The van der Waals surface area contributed by atoms with Crippen LogP contribution in [0.2, 0.25) is 0 Å². The van der Waals surface area contributed by atoms with Crippen molar-refractivity contribution in [1.29, 1.82) is 0 Å². The quantitative estimate of drug-likeness (QED) is 0.681. The number of carbonyl (C=O) groups excluding carboxylic acids is 1. The Balaban J connectivity index is 2.18. The van der Waals surface area contributed by atoms with Gasteiger partial charge in [0.25, 0.3) is 0 Å². The highest BCUT2D eigenvalue weighted by molar-refractivity contribution is 5.72. The minimum absolute atomic E-state index is 0.131. The van der Waals surface area contributed by atoms with Gasteiger partial charge in [-0.2, -0.15) is 13.2 Å². The zero-order chi connectivity index (χ0) is 13.4. The summed E-state index contributed by atoms with van der Waals surface area (Å²) >= 11 is 0. The Hall–Kier alpha value is -0.820. The van der Waals surface area contributed by atoms with E-state index in [9.17, 15) is 18.0 Å². The van der Waals surface area contributed by atoms with Gasteiger partial charge in [0.2, 0.25) is 0 Å². The highest BCUT2D eigenvalue weighted by Gasteiger charge is 2.54. The summed E-state index contributed by atoms with van der Waals surface area (Å²) in [6.45, 7) is 0.525. The van der Waals surface area contributed by atoms with E-state index in [1.165, 1.54) is 7.11 Å². The molecule has 0 amide bonds. The van der Waals surface area contributed by atoms with Crippen LogP contribution in [0.25, 0.3) is 0 Å². The third kappa shape index (κ3) is 2.61. The molecule has 1 aliphatic carbocycles. The van der Waals surface area contributed by atoms with E-state index in [0.717, 1.165) is 0 Å². The maximum absolute atomic E-state index is 12.9. The molecule has 1 saturated heterocycles. The lowest BCUT2D eigenvalue weighted by Gasteiger charge is -2.40. The van der Waals surface area contributed by atoms with Gasteiger partial charge in [-0.3, -0.25) is 4.79 Å². The van der Waals surface area contributed by atoms with Crippen LogP contribution in [0.5, 0.6) is 0 Å². The predicted molar refractivity (Wildman–Crippen MR) is 53.5 cm³/mol. The van der Waals surface area contributed by atoms with Gasteiger partial charge in [0.05, 0.1) is 32.2 Å². The first-order chi connectivity index (χ1) is 8.36. The zero-order valence-electron chi connectivity index (χ0n) is 9.96. The van der Waals surface area contributed by atoms with Crippen molar-refractivity contribution in [2.24, 2.45) is 11.8 Å². The third-order valence-electron chi connectivity index (χ3n) is 3.49. The molecule has 2 rings (SSSR count). The summed E-state index contributed by atoms with van der Waals surface area (Å²) in [4.78, 5) is 11.5. The number of carbonyl (C=O) groups is 1. The molecule has 0 aromatic heterocycles. The van der Waals surface area contributed by atoms with Crippen molar-refractivity contribution >= 4 is 5.97 Å². The minimum Gasteiger partial charge on any atom is -0.469 e. The highest BCUT2D eigenvalue weighted by atomic mass is 19.4. The molecular formula is C11H15F3O4. The summed E-state index contributed by atoms with van der Waals surface area (Å²) in [6, 6.07) is 0. The van der Waals surface area contributed by atoms with Crippen molar-refractivity contribution in [3.8, 4) is 0 Å². The second-order valence-corrected chi connectivity index (χ2v) is 4.71. The summed E-state index contributed by atoms with van der Waals surface area (Å²) in [7, 11) is 1.17. The molecule has 1 saturated carbocycles. The summed E-state index contributed by atoms with van der Waals surface area (Å²) in [5.41, 5.74) is 0. The number of ether oxygens (including phenoxy) is 3. The average Bonchev–Trinajstić information content (AvgIpc) is 2.74. The molecule has 0 unspecified atom stereocenters. The molecule has 4 nitrogen and oxygen atoms in total. The first kappa shape index (κ1) is 13.6. The minimum atomic E-state index is -4.35. The molecule has 18 heavy (non-hydrogen) atoms. The van der Waals surface area contributed by atoms with Crippen LogP contribution in [0.3, 0.4) is 0 Å². The van der Waals surface area contributed by atoms with E-state index in [0.29, 0.717) is 0 Å². The van der Waals surface area contributed by atoms with Gasteiger partial charge < -0.3 is 14.2 Å². The molecule has 1 heterocycles. The van der Waals surface area contributed by atoms with Crippen molar-refractivity contribution in [2.45, 2.75) is 31.2 Å². The Morgan fingerprint density at radius 2 is 1.89 bits per heavy atom. The van der Waals surface area contributed by atoms with E-state index >= 15 is 0 Å². The second-order valence-electron chi connectivity index (χ2n) is 4.71. The van der Waals surface area contributed by atoms with Gasteiger partial charge in [-0.05, 0) is 6.42 Å². The average molecular weight is 268 g/mol. The van der Waals surface area contributed by atoms with Gasteiger partial charge in [0.1, 0.15) is 0 Å². The largest absolute Gasteiger partial charge is 0.469 e. The topological polar surface area (TPSA) is 44.8 Å². The molecule has 0 N–H and O–H groups in total. The van der Waals surface area contributed by atoms with Crippen LogP contribution in [-0.2, 0) is 19.0 Å². The predicted octanol–water partition coefficient (Wildman–Crippen LogP) is 1.88. The standard InChI is InChI=1S/C11H15F3O4/c1-16-9(15)7-4-8(11(12,13)14)6-10(5-7)17-2-3-18-10/h7-8H,2-6H2,1H3/t7-,8+/m0/s1. The molecule has 2 aliphatic rings. The van der Waals surface area contributed by atoms with Crippen molar-refractivity contribution < 1.29 is 32.2 Å². The molecule has 7 heteroatoms. The van der Waals surface area contributed by atoms with E-state index in [-0.39, 0.29) is 32.5 Å². The van der Waals surface area contributed by atoms with E-state index in [1.807, 2.05) is 0 Å². The zero-order valence-corrected chi connectivity index (χ0v) is 9.96. The molecule has 0 aromatic rings. The third-order valence-corrected chi connectivity index (χ3v) is 3.49. The summed E-state index contributed by atoms with van der Waals surface area (Å²) < 4.78 is 53.7. The van der Waals surface area contributed by atoms with E-state index in [2.05, 4.69) is 4.74 Å². The highest BCUT2D eigenvalue weighted by Crippen LogP contribution is 2.47. The Bertz CT molecular complexity index is 323. The van der Waals surface area contributed by atoms with E-state index < -0.39 is 29.8 Å². The Morgan fingerprint density at radius 1 is 1.28 bits per heavy atom. The number of hydrogen-bond donors (Lipinski definition) is 0. The van der Waals surface area contributed by atoms with Gasteiger partial charge in [0.15, 0.2) is 5.79 Å². The van der Waals surface area contributed by atoms with Crippen LogP contribution in [0.15, 0.2) is 0 Å². The molecule has 2 fully saturated rings. The number of rotatable bonds is 1. The first-order valence-corrected chi connectivity index (χ1v) is 5.79. The van der Waals surface area contributed by atoms with Crippen LogP contribution < -0.4 is 0 Å². The Labute approximate surface area is 102 Å². The van der Waals surface area contributed by atoms with Crippen LogP contribution in [0, 0.1) is 11.8 Å². The van der Waals surface area contributed by atoms with E-state index in [1.54, 1.807) is 0 Å². The van der Waals surface area contributed by atoms with Crippen molar-refractivity contribution in [3.05, 3.63) is 0 Å². The van der Waals surface area contributed by atoms with Gasteiger partial charge >= 0.3 is 12.1 Å². The lowest BCUT2D eigenvalue weighted by atomic mass is 9.77. The van der Waals surface area contributed by atoms with Crippen LogP contribution >= 0.6 is 0 Å². The van der Waals surface area contributed by atoms with Gasteiger partial charge in [0, 0.05) is 12.8 Å². The van der Waals surface area contributed by atoms with Crippen LogP contribution in [0.4, 0.5) is 13.2 Å².